The van der Waals surface area contributed by atoms with Crippen LogP contribution in [0.1, 0.15) is 29.0 Å². The fourth-order valence-corrected chi connectivity index (χ4v) is 3.00. The van der Waals surface area contributed by atoms with Gasteiger partial charge in [-0.1, -0.05) is 6.07 Å². The summed E-state index contributed by atoms with van der Waals surface area (Å²) in [6.45, 7) is 0.967. The quantitative estimate of drug-likeness (QED) is 0.882. The summed E-state index contributed by atoms with van der Waals surface area (Å²) in [6, 6.07) is 5.01. The maximum absolute atomic E-state index is 13.8. The number of nitrogens with zero attached hydrogens (tertiary/aromatic N) is 3. The normalized spacial score (nSPS) is 19.5. The van der Waals surface area contributed by atoms with E-state index in [2.05, 4.69) is 10.4 Å². The SMILES string of the molecule is CN(C)Cc1cc(CNC(=O)C2CC2c2cnn(C)c2)ccc1F. The van der Waals surface area contributed by atoms with E-state index in [0.29, 0.717) is 18.7 Å². The van der Waals surface area contributed by atoms with Crippen LogP contribution in [0.25, 0.3) is 0 Å². The van der Waals surface area contributed by atoms with Crippen LogP contribution in [0.5, 0.6) is 0 Å². The third-order valence-corrected chi connectivity index (χ3v) is 4.34. The molecule has 6 heteroatoms. The highest BCUT2D eigenvalue weighted by Crippen LogP contribution is 2.47. The molecule has 1 amide bonds. The van der Waals surface area contributed by atoms with Crippen LogP contribution < -0.4 is 5.32 Å². The second-order valence-corrected chi connectivity index (χ2v) is 6.78. The lowest BCUT2D eigenvalue weighted by atomic mass is 10.1. The van der Waals surface area contributed by atoms with Crippen molar-refractivity contribution < 1.29 is 9.18 Å². The van der Waals surface area contributed by atoms with E-state index in [4.69, 9.17) is 0 Å². The maximum atomic E-state index is 13.8. The topological polar surface area (TPSA) is 50.2 Å². The Labute approximate surface area is 141 Å². The third kappa shape index (κ3) is 3.82. The second kappa shape index (κ2) is 6.73. The number of nitrogens with one attached hydrogen (secondary N) is 1. The number of carbonyl (C=O) groups is 1. The van der Waals surface area contributed by atoms with E-state index in [1.165, 1.54) is 6.07 Å². The Bertz CT molecular complexity index is 740. The van der Waals surface area contributed by atoms with Gasteiger partial charge in [-0.15, -0.1) is 0 Å². The Kier molecular flexibility index (Phi) is 4.66. The molecule has 0 spiro atoms. The van der Waals surface area contributed by atoms with Gasteiger partial charge in [0.25, 0.3) is 0 Å². The van der Waals surface area contributed by atoms with Gasteiger partial charge in [-0.25, -0.2) is 4.39 Å². The van der Waals surface area contributed by atoms with E-state index in [9.17, 15) is 9.18 Å². The van der Waals surface area contributed by atoms with Crippen LogP contribution in [0.4, 0.5) is 4.39 Å². The molecule has 0 aliphatic heterocycles. The molecule has 1 N–H and O–H groups in total. The van der Waals surface area contributed by atoms with Gasteiger partial charge < -0.3 is 10.2 Å². The van der Waals surface area contributed by atoms with Crippen LogP contribution in [-0.4, -0.2) is 34.7 Å². The first-order chi connectivity index (χ1) is 11.4. The summed E-state index contributed by atoms with van der Waals surface area (Å²) in [5.41, 5.74) is 2.68. The zero-order valence-electron chi connectivity index (χ0n) is 14.3. The van der Waals surface area contributed by atoms with Crippen LogP contribution in [0, 0.1) is 11.7 Å². The third-order valence-electron chi connectivity index (χ3n) is 4.34. The molecule has 0 bridgehead atoms. The minimum atomic E-state index is -0.211. The van der Waals surface area contributed by atoms with Crippen LogP contribution in [0.3, 0.4) is 0 Å². The monoisotopic (exact) mass is 330 g/mol. The first kappa shape index (κ1) is 16.6. The first-order valence-corrected chi connectivity index (χ1v) is 8.12. The molecule has 2 unspecified atom stereocenters. The van der Waals surface area contributed by atoms with Gasteiger partial charge in [-0.2, -0.15) is 5.10 Å². The molecular weight excluding hydrogens is 307 g/mol. The number of benzene rings is 1. The lowest BCUT2D eigenvalue weighted by Gasteiger charge is -2.12. The van der Waals surface area contributed by atoms with Crippen LogP contribution in [0.15, 0.2) is 30.6 Å². The molecule has 1 aliphatic carbocycles. The van der Waals surface area contributed by atoms with E-state index >= 15 is 0 Å². The van der Waals surface area contributed by atoms with Crippen molar-refractivity contribution in [2.24, 2.45) is 13.0 Å². The van der Waals surface area contributed by atoms with Crippen molar-refractivity contribution in [3.8, 4) is 0 Å². The zero-order chi connectivity index (χ0) is 17.3. The number of aromatic nitrogens is 2. The van der Waals surface area contributed by atoms with Gasteiger partial charge in [0.05, 0.1) is 6.20 Å². The summed E-state index contributed by atoms with van der Waals surface area (Å²) >= 11 is 0. The molecule has 1 aromatic heterocycles. The number of halogens is 1. The Morgan fingerprint density at radius 3 is 2.92 bits per heavy atom. The van der Waals surface area contributed by atoms with Gasteiger partial charge in [0.2, 0.25) is 5.91 Å². The van der Waals surface area contributed by atoms with Crippen molar-refractivity contribution in [2.45, 2.75) is 25.4 Å². The summed E-state index contributed by atoms with van der Waals surface area (Å²) in [5.74, 6) is 0.145. The highest BCUT2D eigenvalue weighted by atomic mass is 19.1. The molecule has 1 heterocycles. The second-order valence-electron chi connectivity index (χ2n) is 6.78. The summed E-state index contributed by atoms with van der Waals surface area (Å²) in [4.78, 5) is 14.2. The minimum absolute atomic E-state index is 0.0240. The first-order valence-electron chi connectivity index (χ1n) is 8.12. The zero-order valence-corrected chi connectivity index (χ0v) is 14.3. The van der Waals surface area contributed by atoms with Crippen molar-refractivity contribution in [2.75, 3.05) is 14.1 Å². The summed E-state index contributed by atoms with van der Waals surface area (Å²) in [6.07, 6.45) is 4.66. The molecule has 2 aromatic rings. The van der Waals surface area contributed by atoms with Crippen molar-refractivity contribution in [3.05, 3.63) is 53.1 Å². The Hall–Kier alpha value is -2.21. The van der Waals surface area contributed by atoms with E-state index in [0.717, 1.165) is 17.5 Å². The largest absolute Gasteiger partial charge is 0.352 e. The molecule has 128 valence electrons. The van der Waals surface area contributed by atoms with E-state index < -0.39 is 0 Å². The van der Waals surface area contributed by atoms with Crippen LogP contribution >= 0.6 is 0 Å². The minimum Gasteiger partial charge on any atom is -0.352 e. The number of amides is 1. The molecular formula is C18H23FN4O. The van der Waals surface area contributed by atoms with E-state index in [1.54, 1.807) is 10.7 Å². The van der Waals surface area contributed by atoms with Crippen LogP contribution in [-0.2, 0) is 24.9 Å². The molecule has 1 fully saturated rings. The summed E-state index contributed by atoms with van der Waals surface area (Å²) < 4.78 is 15.5. The number of hydrogen-bond acceptors (Lipinski definition) is 3. The molecule has 2 atom stereocenters. The molecule has 1 saturated carbocycles. The van der Waals surface area contributed by atoms with Gasteiger partial charge in [0.1, 0.15) is 5.82 Å². The summed E-state index contributed by atoms with van der Waals surface area (Å²) in [5, 5.41) is 7.12. The molecule has 3 rings (SSSR count). The Morgan fingerprint density at radius 2 is 2.25 bits per heavy atom. The number of hydrogen-bond donors (Lipinski definition) is 1. The molecule has 1 aromatic carbocycles. The average molecular weight is 330 g/mol. The highest BCUT2D eigenvalue weighted by Gasteiger charge is 2.44. The highest BCUT2D eigenvalue weighted by molar-refractivity contribution is 5.82. The van der Waals surface area contributed by atoms with Crippen molar-refractivity contribution in [1.29, 1.82) is 0 Å². The average Bonchev–Trinajstić information content (AvgIpc) is 3.22. The fraction of sp³-hybridized carbons (Fsp3) is 0.444. The van der Waals surface area contributed by atoms with Gasteiger partial charge in [0.15, 0.2) is 0 Å². The molecule has 1 aliphatic rings. The maximum Gasteiger partial charge on any atom is 0.224 e. The standard InChI is InChI=1S/C18H23FN4O/c1-22(2)10-13-6-12(4-5-17(13)19)8-20-18(24)16-7-15(16)14-9-21-23(3)11-14/h4-6,9,11,15-16H,7-8,10H2,1-3H3,(H,20,24). The van der Waals surface area contributed by atoms with Gasteiger partial charge >= 0.3 is 0 Å². The van der Waals surface area contributed by atoms with E-state index in [1.807, 2.05) is 44.5 Å². The van der Waals surface area contributed by atoms with E-state index in [-0.39, 0.29) is 23.6 Å². The summed E-state index contributed by atoms with van der Waals surface area (Å²) in [7, 11) is 5.68. The number of rotatable bonds is 6. The van der Waals surface area contributed by atoms with Gasteiger partial charge in [0, 0.05) is 37.8 Å². The van der Waals surface area contributed by atoms with Gasteiger partial charge in [-0.05, 0) is 49.7 Å². The molecule has 0 radical (unpaired) electrons. The number of carbonyl (C=O) groups excluding carboxylic acids is 1. The number of aryl methyl sites for hydroxylation is 1. The predicted molar refractivity (Wildman–Crippen MR) is 89.7 cm³/mol. The molecule has 24 heavy (non-hydrogen) atoms. The van der Waals surface area contributed by atoms with Crippen molar-refractivity contribution in [1.82, 2.24) is 20.0 Å². The Morgan fingerprint density at radius 1 is 1.46 bits per heavy atom. The van der Waals surface area contributed by atoms with Crippen molar-refractivity contribution >= 4 is 5.91 Å². The molecule has 5 nitrogen and oxygen atoms in total. The van der Waals surface area contributed by atoms with Crippen molar-refractivity contribution in [3.63, 3.8) is 0 Å². The van der Waals surface area contributed by atoms with Crippen LogP contribution in [0.2, 0.25) is 0 Å². The Balaban J connectivity index is 1.55. The lowest BCUT2D eigenvalue weighted by molar-refractivity contribution is -0.122. The fourth-order valence-electron chi connectivity index (χ4n) is 3.00. The lowest BCUT2D eigenvalue weighted by Crippen LogP contribution is -2.25. The van der Waals surface area contributed by atoms with Gasteiger partial charge in [-0.3, -0.25) is 9.48 Å². The smallest absolute Gasteiger partial charge is 0.224 e. The molecule has 0 saturated heterocycles. The predicted octanol–water partition coefficient (Wildman–Crippen LogP) is 2.04.